The fourth-order valence-electron chi connectivity index (χ4n) is 4.79. The van der Waals surface area contributed by atoms with Gasteiger partial charge in [0.05, 0.1) is 19.0 Å². The molecule has 0 radical (unpaired) electrons. The van der Waals surface area contributed by atoms with Crippen LogP contribution in [0.25, 0.3) is 21.9 Å². The van der Waals surface area contributed by atoms with Crippen molar-refractivity contribution in [2.75, 3.05) is 12.3 Å². The van der Waals surface area contributed by atoms with Crippen LogP contribution in [-0.2, 0) is 23.4 Å². The van der Waals surface area contributed by atoms with Gasteiger partial charge in [-0.05, 0) is 32.2 Å². The summed E-state index contributed by atoms with van der Waals surface area (Å²) in [6, 6.07) is 10.3. The van der Waals surface area contributed by atoms with Crippen molar-refractivity contribution in [3.63, 3.8) is 0 Å². The molecule has 5 N–H and O–H groups in total. The highest BCUT2D eigenvalue weighted by atomic mass is 31.2. The van der Waals surface area contributed by atoms with Crippen LogP contribution in [0, 0.1) is 0 Å². The van der Waals surface area contributed by atoms with Crippen LogP contribution in [0.1, 0.15) is 27.0 Å². The van der Waals surface area contributed by atoms with Gasteiger partial charge in [-0.1, -0.05) is 36.4 Å². The first-order valence-electron chi connectivity index (χ1n) is 13.7. The Morgan fingerprint density at radius 2 is 1.96 bits per heavy atom. The lowest BCUT2D eigenvalue weighted by Gasteiger charge is -2.32. The number of nitrogens with one attached hydrogen (secondary N) is 2. The van der Waals surface area contributed by atoms with Crippen LogP contribution in [0.3, 0.4) is 0 Å². The van der Waals surface area contributed by atoms with Crippen LogP contribution in [-0.4, -0.2) is 73.6 Å². The van der Waals surface area contributed by atoms with E-state index in [0.29, 0.717) is 10.8 Å². The lowest BCUT2D eigenvalue weighted by molar-refractivity contribution is -0.191. The fraction of sp³-hybridized carbons (Fsp3) is 0.407. The molecule has 3 heterocycles. The topological polar surface area (TPSA) is 193 Å². The number of alkyl halides is 3. The van der Waals surface area contributed by atoms with Crippen molar-refractivity contribution in [3.8, 4) is 5.75 Å². The van der Waals surface area contributed by atoms with Crippen molar-refractivity contribution < 1.29 is 46.2 Å². The van der Waals surface area contributed by atoms with Crippen molar-refractivity contribution >= 4 is 41.6 Å². The molecule has 0 aliphatic carbocycles. The Balaban J connectivity index is 1.48. The van der Waals surface area contributed by atoms with Gasteiger partial charge >= 0.3 is 13.7 Å². The molecule has 0 bridgehead atoms. The highest BCUT2D eigenvalue weighted by Gasteiger charge is 2.62. The summed E-state index contributed by atoms with van der Waals surface area (Å²) in [6.07, 6.45) is -10.3. The van der Waals surface area contributed by atoms with Gasteiger partial charge in [-0.25, -0.2) is 22.7 Å². The molecule has 1 aliphatic rings. The lowest BCUT2D eigenvalue weighted by atomic mass is 9.97. The average molecular weight is 655 g/mol. The van der Waals surface area contributed by atoms with E-state index in [2.05, 4.69) is 20.0 Å². The zero-order chi connectivity index (χ0) is 32.7. The number of H-pyrrole nitrogens is 1. The molecule has 0 amide bonds. The van der Waals surface area contributed by atoms with E-state index in [0.717, 1.165) is 10.9 Å². The van der Waals surface area contributed by atoms with Crippen molar-refractivity contribution in [1.82, 2.24) is 24.6 Å². The Morgan fingerprint density at radius 1 is 1.24 bits per heavy atom. The predicted molar refractivity (Wildman–Crippen MR) is 154 cm³/mol. The number of nitrogens with zero attached hydrogens (tertiary/aromatic N) is 3. The van der Waals surface area contributed by atoms with Gasteiger partial charge in [0.1, 0.15) is 17.9 Å². The minimum atomic E-state index is -4.80. The number of rotatable bonds is 11. The molecule has 6 atom stereocenters. The molecule has 5 rings (SSSR count). The summed E-state index contributed by atoms with van der Waals surface area (Å²) in [5, 5.41) is 14.3. The summed E-state index contributed by atoms with van der Waals surface area (Å²) in [6.45, 7) is 3.08. The third-order valence-corrected chi connectivity index (χ3v) is 8.60. The Kier molecular flexibility index (Phi) is 8.92. The smallest absolute Gasteiger partial charge is 0.459 e. The van der Waals surface area contributed by atoms with E-state index in [9.17, 15) is 28.0 Å². The number of fused-ring (bicyclic) bond motifs is 2. The molecule has 45 heavy (non-hydrogen) atoms. The quantitative estimate of drug-likeness (QED) is 0.137. The number of nitrogen functional groups attached to an aromatic ring is 1. The Labute approximate surface area is 253 Å². The Bertz CT molecular complexity index is 1820. The summed E-state index contributed by atoms with van der Waals surface area (Å²) in [7, 11) is -4.80. The van der Waals surface area contributed by atoms with Crippen LogP contribution in [0.2, 0.25) is 0 Å². The summed E-state index contributed by atoms with van der Waals surface area (Å²) in [5.41, 5.74) is 1.09. The Morgan fingerprint density at radius 3 is 2.67 bits per heavy atom. The monoisotopic (exact) mass is 654 g/mol. The molecule has 18 heteroatoms. The van der Waals surface area contributed by atoms with Gasteiger partial charge in [-0.3, -0.25) is 23.7 Å². The number of hydrogen-bond donors (Lipinski definition) is 4. The average Bonchev–Trinajstić information content (AvgIpc) is 3.51. The van der Waals surface area contributed by atoms with Crippen LogP contribution in [0.4, 0.5) is 19.1 Å². The van der Waals surface area contributed by atoms with E-state index in [1.807, 2.05) is 0 Å². The van der Waals surface area contributed by atoms with E-state index < -0.39 is 68.6 Å². The molecule has 2 aromatic carbocycles. The van der Waals surface area contributed by atoms with Gasteiger partial charge in [0.25, 0.3) is 12.0 Å². The molecule has 1 unspecified atom stereocenters. The van der Waals surface area contributed by atoms with Crippen molar-refractivity contribution in [1.29, 1.82) is 0 Å². The third kappa shape index (κ3) is 6.26. The van der Waals surface area contributed by atoms with Crippen molar-refractivity contribution in [2.24, 2.45) is 0 Å². The second-order valence-corrected chi connectivity index (χ2v) is 12.3. The number of benzene rings is 2. The largest absolute Gasteiger partial charge is 0.462 e. The van der Waals surface area contributed by atoms with Crippen LogP contribution in [0.15, 0.2) is 53.6 Å². The molecule has 0 saturated carbocycles. The number of nitrogens with two attached hydrogens (primary N) is 1. The van der Waals surface area contributed by atoms with Gasteiger partial charge in [-0.2, -0.15) is 10.1 Å². The maximum Gasteiger partial charge on any atom is 0.459 e. The normalized spacial score (nSPS) is 23.9. The molecule has 4 aromatic rings. The zero-order valence-corrected chi connectivity index (χ0v) is 25.0. The molecule has 14 nitrogen and oxygen atoms in total. The maximum atomic E-state index is 15.6. The highest BCUT2D eigenvalue weighted by molar-refractivity contribution is 7.52. The van der Waals surface area contributed by atoms with Crippen LogP contribution >= 0.6 is 7.75 Å². The van der Waals surface area contributed by atoms with E-state index >= 15 is 4.39 Å². The molecular weight excluding hydrogens is 624 g/mol. The molecule has 1 saturated heterocycles. The number of aromatic nitrogens is 4. The summed E-state index contributed by atoms with van der Waals surface area (Å²) < 4.78 is 81.8. The number of hydrogen-bond acceptors (Lipinski definition) is 11. The van der Waals surface area contributed by atoms with Gasteiger partial charge in [0.15, 0.2) is 29.2 Å². The molecule has 242 valence electrons. The van der Waals surface area contributed by atoms with E-state index in [1.54, 1.807) is 50.2 Å². The number of ether oxygens (including phenoxy) is 2. The van der Waals surface area contributed by atoms with Gasteiger partial charge in [-0.15, -0.1) is 0 Å². The second-order valence-electron chi connectivity index (χ2n) is 10.6. The number of carbonyl (C=O) groups is 1. The molecule has 2 aromatic heterocycles. The van der Waals surface area contributed by atoms with Gasteiger partial charge in [0.2, 0.25) is 5.95 Å². The molecule has 1 fully saturated rings. The van der Waals surface area contributed by atoms with Crippen molar-refractivity contribution in [3.05, 3.63) is 59.1 Å². The highest BCUT2D eigenvalue weighted by Crippen LogP contribution is 2.51. The molecular formula is C27H30F3N6O8P. The van der Waals surface area contributed by atoms with Crippen LogP contribution in [0.5, 0.6) is 5.75 Å². The number of anilines is 1. The molecule has 0 spiro atoms. The summed E-state index contributed by atoms with van der Waals surface area (Å²) in [5.74, 6) is -1.21. The first-order valence-corrected chi connectivity index (χ1v) is 15.2. The number of aromatic amines is 1. The SMILES string of the molecule is CC(C)OC(=O)[C@H](C)NP(=O)(OC[C@@]1(C(F)F)O[C@@H](n2cnc3c(=O)[nH]c(N)nc32)[C@@H](F)[C@@H]1O)Oc1cccc2ccccc12. The lowest BCUT2D eigenvalue weighted by Crippen LogP contribution is -2.52. The molecule has 1 aliphatic heterocycles. The van der Waals surface area contributed by atoms with Crippen molar-refractivity contribution in [2.45, 2.75) is 63.4 Å². The minimum Gasteiger partial charge on any atom is -0.462 e. The number of aliphatic hydroxyl groups is 1. The number of halogens is 3. The van der Waals surface area contributed by atoms with E-state index in [4.69, 9.17) is 24.3 Å². The first-order chi connectivity index (χ1) is 21.2. The summed E-state index contributed by atoms with van der Waals surface area (Å²) in [4.78, 5) is 34.6. The first kappa shape index (κ1) is 32.4. The third-order valence-electron chi connectivity index (χ3n) is 6.99. The predicted octanol–water partition coefficient (Wildman–Crippen LogP) is 3.22. The number of carbonyl (C=O) groups excluding carboxylic acids is 1. The standard InChI is InChI=1S/C27H30F3N6O8P/c1-13(2)42-24(39)14(3)35-45(40,44-17-10-6-8-15-7-4-5-9-16(15)17)41-11-27(25(29)30)20(37)18(28)23(43-27)36-12-32-19-21(36)33-26(31)34-22(19)38/h4-10,12-14,18,20,23,25,37H,11H2,1-3H3,(H,35,40)(H3,31,33,34,38)/t14-,18-,20-,23+,27+,45?/m0/s1. The van der Waals surface area contributed by atoms with Gasteiger partial charge < -0.3 is 24.8 Å². The van der Waals surface area contributed by atoms with Crippen LogP contribution < -0.4 is 20.9 Å². The summed E-state index contributed by atoms with van der Waals surface area (Å²) >= 11 is 0. The van der Waals surface area contributed by atoms with E-state index in [1.165, 1.54) is 13.0 Å². The minimum absolute atomic E-state index is 0.00682. The number of aliphatic hydroxyl groups excluding tert-OH is 1. The Hall–Kier alpha value is -4.02. The second kappa shape index (κ2) is 12.4. The zero-order valence-electron chi connectivity index (χ0n) is 24.1. The number of imidazole rings is 1. The fourth-order valence-corrected chi connectivity index (χ4v) is 6.34. The van der Waals surface area contributed by atoms with Gasteiger partial charge in [0, 0.05) is 5.39 Å². The van der Waals surface area contributed by atoms with E-state index in [-0.39, 0.29) is 22.9 Å². The maximum absolute atomic E-state index is 15.6. The number of esters is 1.